The Morgan fingerprint density at radius 3 is 2.79 bits per heavy atom. The minimum atomic E-state index is 0.0189. The molecule has 0 spiro atoms. The number of nitrogens with zero attached hydrogens (tertiary/aromatic N) is 1. The van der Waals surface area contributed by atoms with Crippen LogP contribution >= 0.6 is 15.9 Å². The normalized spacial score (nSPS) is 10.3. The minimum Gasteiger partial charge on any atom is -0.350 e. The highest BCUT2D eigenvalue weighted by Crippen LogP contribution is 2.07. The van der Waals surface area contributed by atoms with Crippen LogP contribution in [0.5, 0.6) is 0 Å². The number of amides is 1. The largest absolute Gasteiger partial charge is 0.350 e. The second kappa shape index (κ2) is 5.10. The zero-order chi connectivity index (χ0) is 10.6. The van der Waals surface area contributed by atoms with Crippen molar-refractivity contribution < 1.29 is 4.79 Å². The highest BCUT2D eigenvalue weighted by atomic mass is 79.9. The SMILES string of the molecule is CC(C)C(=O)NCc1ccc(Br)cn1. The summed E-state index contributed by atoms with van der Waals surface area (Å²) in [6, 6.07) is 3.79. The van der Waals surface area contributed by atoms with Crippen molar-refractivity contribution in [2.24, 2.45) is 5.92 Å². The van der Waals surface area contributed by atoms with E-state index in [1.165, 1.54) is 0 Å². The average molecular weight is 257 g/mol. The Kier molecular flexibility index (Phi) is 4.07. The minimum absolute atomic E-state index is 0.0189. The van der Waals surface area contributed by atoms with Crippen LogP contribution in [0.25, 0.3) is 0 Å². The molecule has 0 aromatic carbocycles. The lowest BCUT2D eigenvalue weighted by Gasteiger charge is -2.06. The quantitative estimate of drug-likeness (QED) is 0.901. The van der Waals surface area contributed by atoms with E-state index in [1.807, 2.05) is 26.0 Å². The molecule has 0 saturated heterocycles. The molecule has 3 nitrogen and oxygen atoms in total. The first-order valence-electron chi connectivity index (χ1n) is 4.47. The van der Waals surface area contributed by atoms with E-state index in [0.717, 1.165) is 10.2 Å². The number of carbonyl (C=O) groups excluding carboxylic acids is 1. The number of pyridine rings is 1. The van der Waals surface area contributed by atoms with Gasteiger partial charge in [-0.3, -0.25) is 9.78 Å². The van der Waals surface area contributed by atoms with Gasteiger partial charge in [0.05, 0.1) is 12.2 Å². The summed E-state index contributed by atoms with van der Waals surface area (Å²) >= 11 is 3.30. The highest BCUT2D eigenvalue weighted by molar-refractivity contribution is 9.10. The van der Waals surface area contributed by atoms with E-state index in [-0.39, 0.29) is 11.8 Å². The summed E-state index contributed by atoms with van der Waals surface area (Å²) < 4.78 is 0.941. The molecule has 14 heavy (non-hydrogen) atoms. The van der Waals surface area contributed by atoms with Gasteiger partial charge >= 0.3 is 0 Å². The van der Waals surface area contributed by atoms with Crippen LogP contribution in [0.2, 0.25) is 0 Å². The number of halogens is 1. The fourth-order valence-electron chi connectivity index (χ4n) is 0.893. The van der Waals surface area contributed by atoms with Gasteiger partial charge < -0.3 is 5.32 Å². The van der Waals surface area contributed by atoms with Crippen LogP contribution in [0.4, 0.5) is 0 Å². The molecule has 1 amide bonds. The third-order valence-electron chi connectivity index (χ3n) is 1.76. The van der Waals surface area contributed by atoms with Crippen molar-refractivity contribution in [2.75, 3.05) is 0 Å². The summed E-state index contributed by atoms with van der Waals surface area (Å²) in [4.78, 5) is 15.4. The number of nitrogens with one attached hydrogen (secondary N) is 1. The van der Waals surface area contributed by atoms with Gasteiger partial charge in [-0.25, -0.2) is 0 Å². The van der Waals surface area contributed by atoms with E-state index in [0.29, 0.717) is 6.54 Å². The van der Waals surface area contributed by atoms with Gasteiger partial charge in [0.25, 0.3) is 0 Å². The molecule has 0 unspecified atom stereocenters. The van der Waals surface area contributed by atoms with Gasteiger partial charge in [-0.15, -0.1) is 0 Å². The summed E-state index contributed by atoms with van der Waals surface area (Å²) in [5, 5.41) is 2.80. The fraction of sp³-hybridized carbons (Fsp3) is 0.400. The third kappa shape index (κ3) is 3.46. The fourth-order valence-corrected chi connectivity index (χ4v) is 1.13. The van der Waals surface area contributed by atoms with E-state index >= 15 is 0 Å². The summed E-state index contributed by atoms with van der Waals surface area (Å²) in [5.41, 5.74) is 0.863. The molecule has 1 aromatic rings. The van der Waals surface area contributed by atoms with Gasteiger partial charge in [-0.2, -0.15) is 0 Å². The maximum atomic E-state index is 11.2. The molecule has 0 atom stereocenters. The lowest BCUT2D eigenvalue weighted by atomic mass is 10.2. The van der Waals surface area contributed by atoms with E-state index in [4.69, 9.17) is 0 Å². The van der Waals surface area contributed by atoms with Crippen molar-refractivity contribution in [1.29, 1.82) is 0 Å². The molecule has 0 bridgehead atoms. The van der Waals surface area contributed by atoms with Crippen LogP contribution in [0.3, 0.4) is 0 Å². The maximum absolute atomic E-state index is 11.2. The van der Waals surface area contributed by atoms with Crippen LogP contribution in [-0.4, -0.2) is 10.9 Å². The lowest BCUT2D eigenvalue weighted by molar-refractivity contribution is -0.124. The topological polar surface area (TPSA) is 42.0 Å². The Balaban J connectivity index is 2.46. The summed E-state index contributed by atoms with van der Waals surface area (Å²) in [6.45, 7) is 4.22. The Morgan fingerprint density at radius 1 is 1.57 bits per heavy atom. The number of carbonyl (C=O) groups is 1. The molecule has 0 fully saturated rings. The van der Waals surface area contributed by atoms with E-state index in [9.17, 15) is 4.79 Å². The van der Waals surface area contributed by atoms with Gasteiger partial charge in [0, 0.05) is 16.6 Å². The van der Waals surface area contributed by atoms with Crippen LogP contribution in [0.15, 0.2) is 22.8 Å². The number of rotatable bonds is 3. The molecule has 0 radical (unpaired) electrons. The Labute approximate surface area is 92.1 Å². The van der Waals surface area contributed by atoms with Crippen LogP contribution in [-0.2, 0) is 11.3 Å². The van der Waals surface area contributed by atoms with Gasteiger partial charge in [0.1, 0.15) is 0 Å². The van der Waals surface area contributed by atoms with E-state index in [2.05, 4.69) is 26.2 Å². The molecular formula is C10H13BrN2O. The molecule has 0 saturated carbocycles. The molecular weight excluding hydrogens is 244 g/mol. The van der Waals surface area contributed by atoms with Crippen LogP contribution in [0.1, 0.15) is 19.5 Å². The molecule has 4 heteroatoms. The predicted molar refractivity (Wildman–Crippen MR) is 58.6 cm³/mol. The first-order valence-corrected chi connectivity index (χ1v) is 5.27. The molecule has 76 valence electrons. The molecule has 1 heterocycles. The molecule has 1 N–H and O–H groups in total. The van der Waals surface area contributed by atoms with Gasteiger partial charge in [-0.1, -0.05) is 13.8 Å². The van der Waals surface area contributed by atoms with Crippen molar-refractivity contribution in [2.45, 2.75) is 20.4 Å². The van der Waals surface area contributed by atoms with Crippen molar-refractivity contribution in [3.8, 4) is 0 Å². The number of aromatic nitrogens is 1. The summed E-state index contributed by atoms with van der Waals surface area (Å²) in [5.74, 6) is 0.0696. The van der Waals surface area contributed by atoms with Crippen molar-refractivity contribution in [3.63, 3.8) is 0 Å². The second-order valence-corrected chi connectivity index (χ2v) is 4.26. The van der Waals surface area contributed by atoms with Crippen LogP contribution < -0.4 is 5.32 Å². The van der Waals surface area contributed by atoms with Crippen molar-refractivity contribution in [3.05, 3.63) is 28.5 Å². The molecule has 1 rings (SSSR count). The van der Waals surface area contributed by atoms with Gasteiger partial charge in [0.2, 0.25) is 5.91 Å². The Bertz CT molecular complexity index is 308. The first-order chi connectivity index (χ1) is 6.59. The maximum Gasteiger partial charge on any atom is 0.222 e. The first kappa shape index (κ1) is 11.2. The van der Waals surface area contributed by atoms with Crippen molar-refractivity contribution >= 4 is 21.8 Å². The predicted octanol–water partition coefficient (Wildman–Crippen LogP) is 2.12. The van der Waals surface area contributed by atoms with Crippen molar-refractivity contribution in [1.82, 2.24) is 10.3 Å². The van der Waals surface area contributed by atoms with Gasteiger partial charge in [0.15, 0.2) is 0 Å². The van der Waals surface area contributed by atoms with Crippen LogP contribution in [0, 0.1) is 5.92 Å². The highest BCUT2D eigenvalue weighted by Gasteiger charge is 2.05. The summed E-state index contributed by atoms with van der Waals surface area (Å²) in [6.07, 6.45) is 1.72. The molecule has 0 aliphatic carbocycles. The number of hydrogen-bond donors (Lipinski definition) is 1. The number of hydrogen-bond acceptors (Lipinski definition) is 2. The van der Waals surface area contributed by atoms with E-state index in [1.54, 1.807) is 6.20 Å². The zero-order valence-corrected chi connectivity index (χ0v) is 9.84. The lowest BCUT2D eigenvalue weighted by Crippen LogP contribution is -2.27. The second-order valence-electron chi connectivity index (χ2n) is 3.34. The average Bonchev–Trinajstić information content (AvgIpc) is 2.16. The monoisotopic (exact) mass is 256 g/mol. The van der Waals surface area contributed by atoms with E-state index < -0.39 is 0 Å². The molecule has 0 aliphatic heterocycles. The van der Waals surface area contributed by atoms with Gasteiger partial charge in [-0.05, 0) is 28.1 Å². The summed E-state index contributed by atoms with van der Waals surface area (Å²) in [7, 11) is 0. The molecule has 0 aliphatic rings. The standard InChI is InChI=1S/C10H13BrN2O/c1-7(2)10(14)13-6-9-4-3-8(11)5-12-9/h3-5,7H,6H2,1-2H3,(H,13,14). The molecule has 1 aromatic heterocycles. The Morgan fingerprint density at radius 2 is 2.29 bits per heavy atom. The smallest absolute Gasteiger partial charge is 0.222 e. The third-order valence-corrected chi connectivity index (χ3v) is 2.23. The zero-order valence-electron chi connectivity index (χ0n) is 8.25. The Hall–Kier alpha value is -0.900.